The standard InChI is InChI=1S/C9H18O2/c1-8-5-3-4-6-11-9(8)7-10-2/h8-9H,3-7H2,1-2H3. The van der Waals surface area contributed by atoms with E-state index in [4.69, 9.17) is 9.47 Å². The van der Waals surface area contributed by atoms with Crippen LogP contribution in [0.25, 0.3) is 0 Å². The molecule has 1 aliphatic heterocycles. The molecule has 0 aromatic rings. The van der Waals surface area contributed by atoms with Gasteiger partial charge in [0.05, 0.1) is 12.7 Å². The van der Waals surface area contributed by atoms with Gasteiger partial charge in [0.25, 0.3) is 0 Å². The predicted molar refractivity (Wildman–Crippen MR) is 44.6 cm³/mol. The van der Waals surface area contributed by atoms with E-state index in [2.05, 4.69) is 6.92 Å². The molecule has 66 valence electrons. The average molecular weight is 158 g/mol. The van der Waals surface area contributed by atoms with Crippen LogP contribution in [0.3, 0.4) is 0 Å². The molecule has 11 heavy (non-hydrogen) atoms. The number of rotatable bonds is 2. The Hall–Kier alpha value is -0.0800. The van der Waals surface area contributed by atoms with Gasteiger partial charge in [-0.2, -0.15) is 0 Å². The third-order valence-corrected chi connectivity index (χ3v) is 2.35. The van der Waals surface area contributed by atoms with Crippen LogP contribution in [0.1, 0.15) is 26.2 Å². The fourth-order valence-electron chi connectivity index (χ4n) is 1.53. The lowest BCUT2D eigenvalue weighted by atomic mass is 10.00. The van der Waals surface area contributed by atoms with Crippen molar-refractivity contribution >= 4 is 0 Å². The maximum absolute atomic E-state index is 5.63. The van der Waals surface area contributed by atoms with Crippen molar-refractivity contribution in [3.8, 4) is 0 Å². The molecular weight excluding hydrogens is 140 g/mol. The summed E-state index contributed by atoms with van der Waals surface area (Å²) in [5, 5.41) is 0. The van der Waals surface area contributed by atoms with Gasteiger partial charge in [-0.3, -0.25) is 0 Å². The van der Waals surface area contributed by atoms with Crippen molar-refractivity contribution in [3.05, 3.63) is 0 Å². The van der Waals surface area contributed by atoms with Crippen molar-refractivity contribution in [1.82, 2.24) is 0 Å². The van der Waals surface area contributed by atoms with Gasteiger partial charge in [-0.1, -0.05) is 13.3 Å². The molecule has 2 atom stereocenters. The summed E-state index contributed by atoms with van der Waals surface area (Å²) in [6.07, 6.45) is 4.14. The third kappa shape index (κ3) is 2.80. The van der Waals surface area contributed by atoms with Gasteiger partial charge < -0.3 is 9.47 Å². The largest absolute Gasteiger partial charge is 0.382 e. The summed E-state index contributed by atoms with van der Waals surface area (Å²) in [6.45, 7) is 3.91. The van der Waals surface area contributed by atoms with Crippen molar-refractivity contribution in [1.29, 1.82) is 0 Å². The van der Waals surface area contributed by atoms with E-state index in [0.29, 0.717) is 12.0 Å². The highest BCUT2D eigenvalue weighted by Gasteiger charge is 2.19. The average Bonchev–Trinajstić information content (AvgIpc) is 2.18. The van der Waals surface area contributed by atoms with Gasteiger partial charge in [-0.25, -0.2) is 0 Å². The first-order chi connectivity index (χ1) is 5.34. The Morgan fingerprint density at radius 2 is 2.27 bits per heavy atom. The Labute approximate surface area is 68.9 Å². The molecule has 0 N–H and O–H groups in total. The zero-order valence-corrected chi connectivity index (χ0v) is 7.51. The van der Waals surface area contributed by atoms with E-state index in [9.17, 15) is 0 Å². The van der Waals surface area contributed by atoms with Crippen LogP contribution in [-0.4, -0.2) is 26.4 Å². The summed E-state index contributed by atoms with van der Waals surface area (Å²) >= 11 is 0. The highest BCUT2D eigenvalue weighted by molar-refractivity contribution is 4.68. The molecule has 0 amide bonds. The summed E-state index contributed by atoms with van der Waals surface area (Å²) in [4.78, 5) is 0. The second-order valence-electron chi connectivity index (χ2n) is 3.34. The second-order valence-corrected chi connectivity index (χ2v) is 3.34. The summed E-state index contributed by atoms with van der Waals surface area (Å²) in [6, 6.07) is 0. The van der Waals surface area contributed by atoms with E-state index in [1.165, 1.54) is 19.3 Å². The van der Waals surface area contributed by atoms with Crippen molar-refractivity contribution in [3.63, 3.8) is 0 Å². The minimum atomic E-state index is 0.336. The Morgan fingerprint density at radius 3 is 3.00 bits per heavy atom. The lowest BCUT2D eigenvalue weighted by Crippen LogP contribution is -2.25. The summed E-state index contributed by atoms with van der Waals surface area (Å²) in [5.74, 6) is 0.664. The number of hydrogen-bond donors (Lipinski definition) is 0. The van der Waals surface area contributed by atoms with Crippen molar-refractivity contribution < 1.29 is 9.47 Å². The van der Waals surface area contributed by atoms with E-state index >= 15 is 0 Å². The van der Waals surface area contributed by atoms with Crippen molar-refractivity contribution in [2.75, 3.05) is 20.3 Å². The molecule has 1 rings (SSSR count). The SMILES string of the molecule is COCC1OCCCCC1C. The molecule has 0 aromatic carbocycles. The smallest absolute Gasteiger partial charge is 0.0833 e. The predicted octanol–water partition coefficient (Wildman–Crippen LogP) is 1.84. The van der Waals surface area contributed by atoms with Gasteiger partial charge in [-0.05, 0) is 18.8 Å². The van der Waals surface area contributed by atoms with E-state index in [1.807, 2.05) is 0 Å². The molecule has 0 saturated carbocycles. The maximum Gasteiger partial charge on any atom is 0.0833 e. The van der Waals surface area contributed by atoms with E-state index < -0.39 is 0 Å². The van der Waals surface area contributed by atoms with Gasteiger partial charge in [0.2, 0.25) is 0 Å². The van der Waals surface area contributed by atoms with Crippen molar-refractivity contribution in [2.45, 2.75) is 32.3 Å². The summed E-state index contributed by atoms with van der Waals surface area (Å²) < 4.78 is 10.7. The molecule has 2 heteroatoms. The van der Waals surface area contributed by atoms with Crippen LogP contribution in [0.4, 0.5) is 0 Å². The van der Waals surface area contributed by atoms with Crippen LogP contribution in [0, 0.1) is 5.92 Å². The monoisotopic (exact) mass is 158 g/mol. The van der Waals surface area contributed by atoms with Gasteiger partial charge in [-0.15, -0.1) is 0 Å². The van der Waals surface area contributed by atoms with E-state index in [-0.39, 0.29) is 0 Å². The number of methoxy groups -OCH3 is 1. The first-order valence-electron chi connectivity index (χ1n) is 4.45. The number of ether oxygens (including phenoxy) is 2. The fraction of sp³-hybridized carbons (Fsp3) is 1.00. The highest BCUT2D eigenvalue weighted by Crippen LogP contribution is 2.19. The van der Waals surface area contributed by atoms with Crippen LogP contribution in [-0.2, 0) is 9.47 Å². The van der Waals surface area contributed by atoms with Crippen LogP contribution in [0.5, 0.6) is 0 Å². The van der Waals surface area contributed by atoms with Gasteiger partial charge in [0, 0.05) is 13.7 Å². The molecule has 0 spiro atoms. The second kappa shape index (κ2) is 4.73. The van der Waals surface area contributed by atoms with E-state index in [1.54, 1.807) is 7.11 Å². The third-order valence-electron chi connectivity index (χ3n) is 2.35. The molecule has 1 aliphatic rings. The quantitative estimate of drug-likeness (QED) is 0.610. The van der Waals surface area contributed by atoms with Crippen molar-refractivity contribution in [2.24, 2.45) is 5.92 Å². The molecule has 2 unspecified atom stereocenters. The Morgan fingerprint density at radius 1 is 1.45 bits per heavy atom. The first-order valence-corrected chi connectivity index (χ1v) is 4.45. The fourth-order valence-corrected chi connectivity index (χ4v) is 1.53. The molecule has 1 fully saturated rings. The maximum atomic E-state index is 5.63. The normalized spacial score (nSPS) is 33.3. The molecule has 0 bridgehead atoms. The molecular formula is C9H18O2. The lowest BCUT2D eigenvalue weighted by Gasteiger charge is -2.19. The van der Waals surface area contributed by atoms with Crippen LogP contribution < -0.4 is 0 Å². The summed E-state index contributed by atoms with van der Waals surface area (Å²) in [5.41, 5.74) is 0. The minimum absolute atomic E-state index is 0.336. The summed E-state index contributed by atoms with van der Waals surface area (Å²) in [7, 11) is 1.74. The molecule has 0 radical (unpaired) electrons. The Kier molecular flexibility index (Phi) is 3.87. The lowest BCUT2D eigenvalue weighted by molar-refractivity contribution is -0.0214. The van der Waals surface area contributed by atoms with Crippen LogP contribution >= 0.6 is 0 Å². The molecule has 0 aliphatic carbocycles. The minimum Gasteiger partial charge on any atom is -0.382 e. The van der Waals surface area contributed by atoms with Gasteiger partial charge in [0.1, 0.15) is 0 Å². The molecule has 2 nitrogen and oxygen atoms in total. The van der Waals surface area contributed by atoms with Crippen LogP contribution in [0.15, 0.2) is 0 Å². The zero-order chi connectivity index (χ0) is 8.10. The highest BCUT2D eigenvalue weighted by atomic mass is 16.5. The zero-order valence-electron chi connectivity index (χ0n) is 7.51. The molecule has 1 saturated heterocycles. The van der Waals surface area contributed by atoms with E-state index in [0.717, 1.165) is 13.2 Å². The Balaban J connectivity index is 2.32. The van der Waals surface area contributed by atoms with Gasteiger partial charge in [0.15, 0.2) is 0 Å². The van der Waals surface area contributed by atoms with Crippen LogP contribution in [0.2, 0.25) is 0 Å². The number of hydrogen-bond acceptors (Lipinski definition) is 2. The van der Waals surface area contributed by atoms with Gasteiger partial charge >= 0.3 is 0 Å². The first kappa shape index (κ1) is 9.01. The topological polar surface area (TPSA) is 18.5 Å². The molecule has 1 heterocycles. The molecule has 0 aromatic heterocycles. The Bertz CT molecular complexity index is 104.